The number of carbonyl (C=O) groups excluding carboxylic acids is 1. The van der Waals surface area contributed by atoms with Gasteiger partial charge in [-0.05, 0) is 19.1 Å². The number of aliphatic imine (C=N–C) groups is 1. The van der Waals surface area contributed by atoms with Crippen LogP contribution in [0.15, 0.2) is 17.1 Å². The van der Waals surface area contributed by atoms with Crippen molar-refractivity contribution in [1.82, 2.24) is 5.32 Å². The Labute approximate surface area is 110 Å². The number of benzene rings is 1. The van der Waals surface area contributed by atoms with Crippen LogP contribution in [-0.2, 0) is 6.42 Å². The van der Waals surface area contributed by atoms with Crippen molar-refractivity contribution in [3.05, 3.63) is 23.3 Å². The number of hydrogen-bond acceptors (Lipinski definition) is 4. The lowest BCUT2D eigenvalue weighted by Crippen LogP contribution is -2.28. The van der Waals surface area contributed by atoms with E-state index in [9.17, 15) is 4.79 Å². The summed E-state index contributed by atoms with van der Waals surface area (Å²) in [5, 5.41) is 2.69. The molecule has 3 N–H and O–H groups in total. The molecule has 0 aromatic heterocycles. The van der Waals surface area contributed by atoms with Crippen molar-refractivity contribution in [3.63, 3.8) is 0 Å². The average Bonchev–Trinajstić information content (AvgIpc) is 2.88. The van der Waals surface area contributed by atoms with Gasteiger partial charge in [-0.2, -0.15) is 4.99 Å². The van der Waals surface area contributed by atoms with Gasteiger partial charge in [-0.3, -0.25) is 0 Å². The van der Waals surface area contributed by atoms with Crippen molar-refractivity contribution in [2.75, 3.05) is 7.11 Å². The maximum atomic E-state index is 11.3. The van der Waals surface area contributed by atoms with Gasteiger partial charge in [-0.25, -0.2) is 4.79 Å². The number of ether oxygens (including phenoxy) is 2. The standard InChI is InChI=1S/C13H15N3O3/c1-6-3-7-4-10(18-2)8(5-9(7)19-6)11-12(14)16-13(17)15-11/h4-6,11H,3H2,1-2H3,(H3,14,15,16,17). The van der Waals surface area contributed by atoms with Crippen LogP contribution in [-0.4, -0.2) is 25.1 Å². The average molecular weight is 261 g/mol. The molecule has 1 aromatic rings. The van der Waals surface area contributed by atoms with Gasteiger partial charge >= 0.3 is 6.03 Å². The molecule has 2 unspecified atom stereocenters. The van der Waals surface area contributed by atoms with Gasteiger partial charge < -0.3 is 20.5 Å². The molecule has 19 heavy (non-hydrogen) atoms. The Morgan fingerprint density at radius 1 is 1.53 bits per heavy atom. The fourth-order valence-corrected chi connectivity index (χ4v) is 2.51. The number of amidine groups is 1. The van der Waals surface area contributed by atoms with E-state index in [2.05, 4.69) is 10.3 Å². The fraction of sp³-hybridized carbons (Fsp3) is 0.385. The molecule has 2 amide bonds. The first kappa shape index (κ1) is 11.8. The third-order valence-electron chi connectivity index (χ3n) is 3.35. The molecule has 0 radical (unpaired) electrons. The maximum Gasteiger partial charge on any atom is 0.343 e. The Morgan fingerprint density at radius 2 is 2.32 bits per heavy atom. The van der Waals surface area contributed by atoms with Crippen molar-refractivity contribution < 1.29 is 14.3 Å². The van der Waals surface area contributed by atoms with E-state index in [4.69, 9.17) is 15.2 Å². The van der Waals surface area contributed by atoms with Crippen molar-refractivity contribution >= 4 is 11.9 Å². The van der Waals surface area contributed by atoms with Crippen LogP contribution >= 0.6 is 0 Å². The lowest BCUT2D eigenvalue weighted by Gasteiger charge is -2.16. The number of hydrogen-bond donors (Lipinski definition) is 2. The van der Waals surface area contributed by atoms with Gasteiger partial charge in [0.15, 0.2) is 0 Å². The number of urea groups is 1. The molecule has 0 saturated heterocycles. The van der Waals surface area contributed by atoms with Gasteiger partial charge in [0.2, 0.25) is 0 Å². The molecule has 6 heteroatoms. The Balaban J connectivity index is 2.04. The summed E-state index contributed by atoms with van der Waals surface area (Å²) in [4.78, 5) is 15.0. The van der Waals surface area contributed by atoms with Crippen LogP contribution in [0.5, 0.6) is 11.5 Å². The van der Waals surface area contributed by atoms with Crippen LogP contribution in [0, 0.1) is 0 Å². The second-order valence-electron chi connectivity index (χ2n) is 4.75. The second kappa shape index (κ2) is 4.15. The third-order valence-corrected chi connectivity index (χ3v) is 3.35. The number of nitrogens with zero attached hydrogens (tertiary/aromatic N) is 1. The molecule has 2 heterocycles. The molecule has 0 fully saturated rings. The first-order chi connectivity index (χ1) is 9.08. The lowest BCUT2D eigenvalue weighted by atomic mass is 10.0. The van der Waals surface area contributed by atoms with Gasteiger partial charge in [0.25, 0.3) is 0 Å². The van der Waals surface area contributed by atoms with Crippen LogP contribution in [0.25, 0.3) is 0 Å². The minimum Gasteiger partial charge on any atom is -0.496 e. The van der Waals surface area contributed by atoms with Crippen LogP contribution in [0.2, 0.25) is 0 Å². The molecule has 0 spiro atoms. The minimum absolute atomic E-state index is 0.152. The first-order valence-electron chi connectivity index (χ1n) is 6.10. The van der Waals surface area contributed by atoms with Gasteiger partial charge in [0.1, 0.15) is 29.5 Å². The summed E-state index contributed by atoms with van der Waals surface area (Å²) in [7, 11) is 1.59. The van der Waals surface area contributed by atoms with Crippen molar-refractivity contribution in [2.24, 2.45) is 10.7 Å². The van der Waals surface area contributed by atoms with Crippen LogP contribution in [0.4, 0.5) is 4.79 Å². The quantitative estimate of drug-likeness (QED) is 0.836. The number of methoxy groups -OCH3 is 1. The van der Waals surface area contributed by atoms with E-state index < -0.39 is 12.1 Å². The molecule has 2 atom stereocenters. The zero-order valence-corrected chi connectivity index (χ0v) is 10.8. The van der Waals surface area contributed by atoms with Crippen LogP contribution < -0.4 is 20.5 Å². The third kappa shape index (κ3) is 1.89. The molecule has 1 aromatic carbocycles. The topological polar surface area (TPSA) is 85.9 Å². The Morgan fingerprint density at radius 3 is 2.95 bits per heavy atom. The summed E-state index contributed by atoms with van der Waals surface area (Å²) in [6, 6.07) is 2.92. The molecule has 0 aliphatic carbocycles. The Hall–Kier alpha value is -2.24. The van der Waals surface area contributed by atoms with Crippen LogP contribution in [0.3, 0.4) is 0 Å². The predicted octanol–water partition coefficient (Wildman–Crippen LogP) is 1.14. The molecule has 3 rings (SSSR count). The highest BCUT2D eigenvalue weighted by Crippen LogP contribution is 2.38. The zero-order valence-electron chi connectivity index (χ0n) is 10.8. The van der Waals surface area contributed by atoms with E-state index in [1.54, 1.807) is 7.11 Å². The molecular formula is C13H15N3O3. The number of rotatable bonds is 2. The van der Waals surface area contributed by atoms with E-state index in [1.165, 1.54) is 0 Å². The largest absolute Gasteiger partial charge is 0.496 e. The smallest absolute Gasteiger partial charge is 0.343 e. The van der Waals surface area contributed by atoms with Crippen molar-refractivity contribution in [1.29, 1.82) is 0 Å². The molecule has 2 aliphatic heterocycles. The number of amides is 2. The maximum absolute atomic E-state index is 11.3. The highest BCUT2D eigenvalue weighted by Gasteiger charge is 2.30. The van der Waals surface area contributed by atoms with Crippen molar-refractivity contribution in [2.45, 2.75) is 25.5 Å². The first-order valence-corrected chi connectivity index (χ1v) is 6.10. The van der Waals surface area contributed by atoms with Gasteiger partial charge in [-0.15, -0.1) is 0 Å². The molecular weight excluding hydrogens is 246 g/mol. The highest BCUT2D eigenvalue weighted by molar-refractivity contribution is 6.03. The summed E-state index contributed by atoms with van der Waals surface area (Å²) in [5.74, 6) is 1.74. The number of fused-ring (bicyclic) bond motifs is 1. The van der Waals surface area contributed by atoms with E-state index in [-0.39, 0.29) is 11.9 Å². The molecule has 0 bridgehead atoms. The summed E-state index contributed by atoms with van der Waals surface area (Å²) in [5.41, 5.74) is 7.64. The number of carbonyl (C=O) groups is 1. The summed E-state index contributed by atoms with van der Waals surface area (Å²) < 4.78 is 11.1. The Kier molecular flexibility index (Phi) is 2.58. The molecule has 100 valence electrons. The second-order valence-corrected chi connectivity index (χ2v) is 4.75. The fourth-order valence-electron chi connectivity index (χ4n) is 2.51. The normalized spacial score (nSPS) is 24.5. The highest BCUT2D eigenvalue weighted by atomic mass is 16.5. The Bertz CT molecular complexity index is 583. The van der Waals surface area contributed by atoms with E-state index >= 15 is 0 Å². The van der Waals surface area contributed by atoms with Crippen LogP contribution in [0.1, 0.15) is 24.1 Å². The molecule has 6 nitrogen and oxygen atoms in total. The minimum atomic E-state index is -0.452. The summed E-state index contributed by atoms with van der Waals surface area (Å²) >= 11 is 0. The van der Waals surface area contributed by atoms with Gasteiger partial charge in [-0.1, -0.05) is 0 Å². The predicted molar refractivity (Wildman–Crippen MR) is 69.7 cm³/mol. The molecule has 2 aliphatic rings. The van der Waals surface area contributed by atoms with Crippen molar-refractivity contribution in [3.8, 4) is 11.5 Å². The number of nitrogens with two attached hydrogens (primary N) is 1. The van der Waals surface area contributed by atoms with E-state index in [0.717, 1.165) is 23.3 Å². The van der Waals surface area contributed by atoms with E-state index in [1.807, 2.05) is 19.1 Å². The van der Waals surface area contributed by atoms with Gasteiger partial charge in [0.05, 0.1) is 7.11 Å². The molecule has 0 saturated carbocycles. The monoisotopic (exact) mass is 261 g/mol. The summed E-state index contributed by atoms with van der Waals surface area (Å²) in [6.07, 6.45) is 1.01. The lowest BCUT2D eigenvalue weighted by molar-refractivity contribution is 0.249. The summed E-state index contributed by atoms with van der Waals surface area (Å²) in [6.45, 7) is 2.01. The number of nitrogens with one attached hydrogen (secondary N) is 1. The zero-order chi connectivity index (χ0) is 13.6. The van der Waals surface area contributed by atoms with E-state index in [0.29, 0.717) is 5.75 Å². The SMILES string of the molecule is COc1cc2c(cc1C1NC(=O)N=C1N)OC(C)C2. The van der Waals surface area contributed by atoms with Gasteiger partial charge in [0, 0.05) is 17.5 Å².